The van der Waals surface area contributed by atoms with E-state index in [4.69, 9.17) is 13.6 Å². The van der Waals surface area contributed by atoms with Crippen LogP contribution in [0.2, 0.25) is 0 Å². The van der Waals surface area contributed by atoms with Gasteiger partial charge in [0.1, 0.15) is 0 Å². The van der Waals surface area contributed by atoms with Crippen molar-refractivity contribution in [3.63, 3.8) is 0 Å². The van der Waals surface area contributed by atoms with Crippen LogP contribution in [-0.2, 0) is 29.5 Å². The van der Waals surface area contributed by atoms with Crippen LogP contribution in [0.4, 0.5) is 0 Å². The van der Waals surface area contributed by atoms with Gasteiger partial charge in [-0.15, -0.1) is 0 Å². The van der Waals surface area contributed by atoms with Crippen LogP contribution in [0.1, 0.15) is 0 Å². The molecule has 0 aliphatic rings. The van der Waals surface area contributed by atoms with Gasteiger partial charge in [0.15, 0.2) is 0 Å². The molecular formula is H4O6W. The standard InChI is InChI=1S/2H2O.4O.W/h2*1H2;;;;;. The van der Waals surface area contributed by atoms with E-state index in [1.165, 1.54) is 0 Å². The molecule has 0 bridgehead atoms. The predicted octanol–water partition coefficient (Wildman–Crippen LogP) is -2.13. The molecule has 0 aromatic carbocycles. The molecule has 0 saturated carbocycles. The van der Waals surface area contributed by atoms with Gasteiger partial charge in [0, 0.05) is 0 Å². The molecule has 0 aromatic heterocycles. The average molecular weight is 284 g/mol. The first-order chi connectivity index (χ1) is 2.00. The molecule has 0 fully saturated rings. The summed E-state index contributed by atoms with van der Waals surface area (Å²) in [4.78, 5) is 0. The topological polar surface area (TPSA) is 131 Å². The maximum atomic E-state index is 8.65. The van der Waals surface area contributed by atoms with Gasteiger partial charge in [-0.2, -0.15) is 0 Å². The molecule has 7 heavy (non-hydrogen) atoms. The second kappa shape index (κ2) is 3.98. The zero-order valence-corrected chi connectivity index (χ0v) is 5.97. The molecule has 4 N–H and O–H groups in total. The molecule has 6 nitrogen and oxygen atoms in total. The van der Waals surface area contributed by atoms with Gasteiger partial charge in [0.2, 0.25) is 0 Å². The van der Waals surface area contributed by atoms with Crippen molar-refractivity contribution in [2.75, 3.05) is 0 Å². The third-order valence-corrected chi connectivity index (χ3v) is 0. The monoisotopic (exact) mass is 284 g/mol. The summed E-state index contributed by atoms with van der Waals surface area (Å²) in [5.74, 6) is 0. The summed E-state index contributed by atoms with van der Waals surface area (Å²) < 4.78 is 34.6. The van der Waals surface area contributed by atoms with Crippen LogP contribution < -0.4 is 0 Å². The van der Waals surface area contributed by atoms with Crippen molar-refractivity contribution in [3.05, 3.63) is 0 Å². The summed E-state index contributed by atoms with van der Waals surface area (Å²) in [5, 5.41) is 0. The van der Waals surface area contributed by atoms with Crippen molar-refractivity contribution in [3.8, 4) is 0 Å². The molecule has 0 saturated heterocycles. The van der Waals surface area contributed by atoms with E-state index < -0.39 is 15.9 Å². The summed E-state index contributed by atoms with van der Waals surface area (Å²) in [6.07, 6.45) is 0. The van der Waals surface area contributed by atoms with Crippen molar-refractivity contribution in [1.82, 2.24) is 0 Å². The Morgan fingerprint density at radius 3 is 0.714 bits per heavy atom. The first-order valence-corrected chi connectivity index (χ1v) is 5.46. The Labute approximate surface area is 41.2 Å². The first-order valence-electron chi connectivity index (χ1n) is 0.667. The van der Waals surface area contributed by atoms with Crippen LogP contribution in [0, 0.1) is 0 Å². The van der Waals surface area contributed by atoms with Gasteiger partial charge in [-0.3, -0.25) is 0 Å². The predicted molar refractivity (Wildman–Crippen MR) is 9.97 cm³/mol. The molecule has 0 aromatic rings. The van der Waals surface area contributed by atoms with E-state index in [1.807, 2.05) is 0 Å². The van der Waals surface area contributed by atoms with E-state index in [9.17, 15) is 0 Å². The summed E-state index contributed by atoms with van der Waals surface area (Å²) in [5.41, 5.74) is 0. The molecule has 0 rings (SSSR count). The van der Waals surface area contributed by atoms with Gasteiger partial charge in [-0.05, 0) is 0 Å². The Morgan fingerprint density at radius 1 is 0.714 bits per heavy atom. The Morgan fingerprint density at radius 2 is 0.714 bits per heavy atom. The van der Waals surface area contributed by atoms with Gasteiger partial charge in [0.25, 0.3) is 0 Å². The molecular weight excluding hydrogens is 280 g/mol. The molecule has 46 valence electrons. The zero-order valence-electron chi connectivity index (χ0n) is 3.04. The Hall–Kier alpha value is -0.192. The van der Waals surface area contributed by atoms with Gasteiger partial charge in [-0.1, -0.05) is 0 Å². The Bertz CT molecular complexity index is 155. The maximum absolute atomic E-state index is 8.65. The second-order valence-electron chi connectivity index (χ2n) is 0.408. The zero-order chi connectivity index (χ0) is 4.50. The second-order valence-corrected chi connectivity index (χ2v) is 3.34. The van der Waals surface area contributed by atoms with Gasteiger partial charge in [-0.25, -0.2) is 0 Å². The summed E-state index contributed by atoms with van der Waals surface area (Å²) in [7, 11) is 0. The molecule has 0 unspecified atom stereocenters. The van der Waals surface area contributed by atoms with Crippen molar-refractivity contribution < 1.29 is 40.5 Å². The minimum absolute atomic E-state index is 0. The molecule has 0 radical (unpaired) electrons. The Kier molecular flexibility index (Phi) is 9.01. The average Bonchev–Trinajstić information content (AvgIpc) is 0.722. The molecule has 0 atom stereocenters. The van der Waals surface area contributed by atoms with E-state index in [-0.39, 0.29) is 11.0 Å². The fourth-order valence-corrected chi connectivity index (χ4v) is 0. The molecule has 0 amide bonds. The molecule has 0 heterocycles. The van der Waals surface area contributed by atoms with Crippen LogP contribution in [0.3, 0.4) is 0 Å². The number of hydrogen-bond donors (Lipinski definition) is 0. The van der Waals surface area contributed by atoms with Crippen LogP contribution in [0.25, 0.3) is 0 Å². The quantitative estimate of drug-likeness (QED) is 0.502. The van der Waals surface area contributed by atoms with Crippen LogP contribution >= 0.6 is 0 Å². The van der Waals surface area contributed by atoms with Crippen LogP contribution in [0.15, 0.2) is 0 Å². The van der Waals surface area contributed by atoms with Gasteiger partial charge >= 0.3 is 29.5 Å². The summed E-state index contributed by atoms with van der Waals surface area (Å²) in [6.45, 7) is 0. The third kappa shape index (κ3) is 2290. The van der Waals surface area contributed by atoms with E-state index >= 15 is 0 Å². The molecule has 0 spiro atoms. The SMILES string of the molecule is O.O.[O]=[W](=[O])(=[O])=[O]. The first kappa shape index (κ1) is 15.8. The van der Waals surface area contributed by atoms with Crippen molar-refractivity contribution in [2.24, 2.45) is 0 Å². The van der Waals surface area contributed by atoms with Gasteiger partial charge in [0.05, 0.1) is 0 Å². The number of hydrogen-bond acceptors (Lipinski definition) is 4. The van der Waals surface area contributed by atoms with E-state index in [0.717, 1.165) is 0 Å². The fraction of sp³-hybridized carbons (Fsp3) is 0. The van der Waals surface area contributed by atoms with Crippen LogP contribution in [-0.4, -0.2) is 11.0 Å². The third-order valence-electron chi connectivity index (χ3n) is 0. The Balaban J connectivity index is -0.0000000800. The molecule has 0 aliphatic carbocycles. The summed E-state index contributed by atoms with van der Waals surface area (Å²) >= 11 is -6.17. The number of rotatable bonds is 0. The normalized spacial score (nSPS) is 5.71. The molecule has 0 aliphatic heterocycles. The van der Waals surface area contributed by atoms with Gasteiger partial charge < -0.3 is 11.0 Å². The van der Waals surface area contributed by atoms with E-state index in [0.29, 0.717) is 0 Å². The minimum atomic E-state index is -6.17. The van der Waals surface area contributed by atoms with E-state index in [1.54, 1.807) is 0 Å². The van der Waals surface area contributed by atoms with Crippen molar-refractivity contribution in [2.45, 2.75) is 0 Å². The summed E-state index contributed by atoms with van der Waals surface area (Å²) in [6, 6.07) is 0. The molecule has 7 heteroatoms. The van der Waals surface area contributed by atoms with Crippen molar-refractivity contribution >= 4 is 0 Å². The van der Waals surface area contributed by atoms with Crippen molar-refractivity contribution in [1.29, 1.82) is 0 Å². The van der Waals surface area contributed by atoms with Crippen LogP contribution in [0.5, 0.6) is 0 Å². The fourth-order valence-electron chi connectivity index (χ4n) is 0. The van der Waals surface area contributed by atoms with E-state index in [2.05, 4.69) is 0 Å².